The van der Waals surface area contributed by atoms with Gasteiger partial charge in [0.1, 0.15) is 5.75 Å². The molecule has 2 aromatic rings. The zero-order chi connectivity index (χ0) is 21.2. The molecule has 1 aliphatic carbocycles. The third kappa shape index (κ3) is 6.51. The number of nitrogens with one attached hydrogen (secondary N) is 3. The molecule has 6 heteroatoms. The minimum atomic E-state index is 0.141. The molecule has 2 aromatic carbocycles. The molecule has 0 spiro atoms. The SMILES string of the molecule is CCNC(=NCc1cccc(NC(=O)C2CCCC2)c1)NCc1ccc(OC)cc1. The number of methoxy groups -OCH3 is 1. The number of rotatable bonds is 8. The van der Waals surface area contributed by atoms with Crippen molar-refractivity contribution in [2.24, 2.45) is 10.9 Å². The lowest BCUT2D eigenvalue weighted by Crippen LogP contribution is -2.36. The van der Waals surface area contributed by atoms with Crippen molar-refractivity contribution < 1.29 is 9.53 Å². The second-order valence-corrected chi connectivity index (χ2v) is 7.57. The molecule has 0 saturated heterocycles. The van der Waals surface area contributed by atoms with Gasteiger partial charge in [0.2, 0.25) is 5.91 Å². The summed E-state index contributed by atoms with van der Waals surface area (Å²) >= 11 is 0. The van der Waals surface area contributed by atoms with Crippen molar-refractivity contribution in [2.45, 2.75) is 45.7 Å². The number of guanidine groups is 1. The van der Waals surface area contributed by atoms with Crippen molar-refractivity contribution in [3.05, 3.63) is 59.7 Å². The van der Waals surface area contributed by atoms with Crippen molar-refractivity contribution in [1.29, 1.82) is 0 Å². The Kier molecular flexibility index (Phi) is 8.12. The Balaban J connectivity index is 1.57. The van der Waals surface area contributed by atoms with Crippen molar-refractivity contribution in [2.75, 3.05) is 19.0 Å². The Labute approximate surface area is 179 Å². The van der Waals surface area contributed by atoms with Crippen LogP contribution in [0.5, 0.6) is 5.75 Å². The fourth-order valence-electron chi connectivity index (χ4n) is 3.62. The highest BCUT2D eigenvalue weighted by atomic mass is 16.5. The predicted octanol–water partition coefficient (Wildman–Crippen LogP) is 4.08. The molecule has 0 heterocycles. The van der Waals surface area contributed by atoms with Crippen molar-refractivity contribution in [3.63, 3.8) is 0 Å². The lowest BCUT2D eigenvalue weighted by atomic mass is 10.1. The Bertz CT molecular complexity index is 843. The van der Waals surface area contributed by atoms with Gasteiger partial charge < -0.3 is 20.7 Å². The number of benzene rings is 2. The molecule has 0 radical (unpaired) electrons. The van der Waals surface area contributed by atoms with E-state index in [0.717, 1.165) is 60.8 Å². The standard InChI is InChI=1S/C24H32N4O2/c1-3-25-24(26-16-18-11-13-22(30-2)14-12-18)27-17-19-7-6-10-21(15-19)28-23(29)20-8-4-5-9-20/h6-7,10-15,20H,3-5,8-9,16-17H2,1-2H3,(H,28,29)(H2,25,26,27). The smallest absolute Gasteiger partial charge is 0.227 e. The van der Waals surface area contributed by atoms with Gasteiger partial charge in [0, 0.05) is 24.7 Å². The van der Waals surface area contributed by atoms with Gasteiger partial charge in [-0.1, -0.05) is 37.1 Å². The third-order valence-electron chi connectivity index (χ3n) is 5.30. The fraction of sp³-hybridized carbons (Fsp3) is 0.417. The largest absolute Gasteiger partial charge is 0.497 e. The van der Waals surface area contributed by atoms with E-state index in [2.05, 4.69) is 20.9 Å². The molecule has 0 atom stereocenters. The van der Waals surface area contributed by atoms with Gasteiger partial charge in [-0.3, -0.25) is 4.79 Å². The van der Waals surface area contributed by atoms with Crippen LogP contribution < -0.4 is 20.7 Å². The maximum absolute atomic E-state index is 12.4. The van der Waals surface area contributed by atoms with Crippen LogP contribution in [0.1, 0.15) is 43.7 Å². The van der Waals surface area contributed by atoms with E-state index in [1.54, 1.807) is 7.11 Å². The zero-order valence-electron chi connectivity index (χ0n) is 17.9. The van der Waals surface area contributed by atoms with Crippen molar-refractivity contribution in [3.8, 4) is 5.75 Å². The molecule has 3 rings (SSSR count). The number of aliphatic imine (C=N–C) groups is 1. The van der Waals surface area contributed by atoms with Crippen molar-refractivity contribution in [1.82, 2.24) is 10.6 Å². The first kappa shape index (κ1) is 21.7. The third-order valence-corrected chi connectivity index (χ3v) is 5.30. The molecule has 1 saturated carbocycles. The number of hydrogen-bond donors (Lipinski definition) is 3. The topological polar surface area (TPSA) is 74.8 Å². The molecule has 0 unspecified atom stereocenters. The second kappa shape index (κ2) is 11.2. The Morgan fingerprint density at radius 2 is 1.83 bits per heavy atom. The highest BCUT2D eigenvalue weighted by molar-refractivity contribution is 5.92. The minimum absolute atomic E-state index is 0.141. The minimum Gasteiger partial charge on any atom is -0.497 e. The summed E-state index contributed by atoms with van der Waals surface area (Å²) in [4.78, 5) is 17.1. The number of carbonyl (C=O) groups excluding carboxylic acids is 1. The summed E-state index contributed by atoms with van der Waals surface area (Å²) in [5.74, 6) is 1.91. The van der Waals surface area contributed by atoms with E-state index in [9.17, 15) is 4.79 Å². The van der Waals surface area contributed by atoms with Gasteiger partial charge in [0.15, 0.2) is 5.96 Å². The summed E-state index contributed by atoms with van der Waals surface area (Å²) in [5, 5.41) is 9.70. The van der Waals surface area contributed by atoms with Crippen LogP contribution in [0.4, 0.5) is 5.69 Å². The maximum Gasteiger partial charge on any atom is 0.227 e. The van der Waals surface area contributed by atoms with Crippen LogP contribution in [0.25, 0.3) is 0 Å². The molecule has 0 aromatic heterocycles. The number of ether oxygens (including phenoxy) is 1. The van der Waals surface area contributed by atoms with Crippen LogP contribution in [0.3, 0.4) is 0 Å². The van der Waals surface area contributed by atoms with Crippen LogP contribution in [-0.4, -0.2) is 25.5 Å². The number of nitrogens with zero attached hydrogens (tertiary/aromatic N) is 1. The van der Waals surface area contributed by atoms with E-state index in [-0.39, 0.29) is 11.8 Å². The highest BCUT2D eigenvalue weighted by Crippen LogP contribution is 2.26. The Morgan fingerprint density at radius 1 is 1.07 bits per heavy atom. The molecule has 160 valence electrons. The molecule has 3 N–H and O–H groups in total. The first-order valence-electron chi connectivity index (χ1n) is 10.7. The van der Waals surface area contributed by atoms with E-state index >= 15 is 0 Å². The summed E-state index contributed by atoms with van der Waals surface area (Å²) in [6.07, 6.45) is 4.32. The summed E-state index contributed by atoms with van der Waals surface area (Å²) in [6, 6.07) is 15.9. The van der Waals surface area contributed by atoms with E-state index in [1.165, 1.54) is 0 Å². The molecular weight excluding hydrogens is 376 g/mol. The molecule has 6 nitrogen and oxygen atoms in total. The maximum atomic E-state index is 12.4. The summed E-state index contributed by atoms with van der Waals surface area (Å²) in [5.41, 5.74) is 3.05. The second-order valence-electron chi connectivity index (χ2n) is 7.57. The highest BCUT2D eigenvalue weighted by Gasteiger charge is 2.22. The summed E-state index contributed by atoms with van der Waals surface area (Å²) < 4.78 is 5.20. The molecule has 1 fully saturated rings. The van der Waals surface area contributed by atoms with E-state index < -0.39 is 0 Å². The van der Waals surface area contributed by atoms with Gasteiger partial charge in [0.25, 0.3) is 0 Å². The molecule has 0 bridgehead atoms. The predicted molar refractivity (Wildman–Crippen MR) is 122 cm³/mol. The molecule has 1 aliphatic rings. The normalized spacial score (nSPS) is 14.4. The van der Waals surface area contributed by atoms with Crippen LogP contribution in [0.2, 0.25) is 0 Å². The van der Waals surface area contributed by atoms with Gasteiger partial charge in [0.05, 0.1) is 13.7 Å². The van der Waals surface area contributed by atoms with Crippen LogP contribution in [0, 0.1) is 5.92 Å². The molecule has 0 aliphatic heterocycles. The fourth-order valence-corrected chi connectivity index (χ4v) is 3.62. The van der Waals surface area contributed by atoms with Gasteiger partial charge in [-0.25, -0.2) is 4.99 Å². The average Bonchev–Trinajstić information content (AvgIpc) is 3.31. The first-order chi connectivity index (χ1) is 14.7. The van der Waals surface area contributed by atoms with Crippen LogP contribution >= 0.6 is 0 Å². The van der Waals surface area contributed by atoms with Crippen LogP contribution in [-0.2, 0) is 17.9 Å². The van der Waals surface area contributed by atoms with Crippen molar-refractivity contribution >= 4 is 17.6 Å². The lowest BCUT2D eigenvalue weighted by molar-refractivity contribution is -0.119. The Hall–Kier alpha value is -3.02. The number of hydrogen-bond acceptors (Lipinski definition) is 3. The average molecular weight is 409 g/mol. The van der Waals surface area contributed by atoms with E-state index in [0.29, 0.717) is 13.1 Å². The molecule has 30 heavy (non-hydrogen) atoms. The Morgan fingerprint density at radius 3 is 2.53 bits per heavy atom. The summed E-state index contributed by atoms with van der Waals surface area (Å²) in [7, 11) is 1.67. The first-order valence-corrected chi connectivity index (χ1v) is 10.7. The monoisotopic (exact) mass is 408 g/mol. The van der Waals surface area contributed by atoms with Gasteiger partial charge >= 0.3 is 0 Å². The van der Waals surface area contributed by atoms with E-state index in [4.69, 9.17) is 4.74 Å². The van der Waals surface area contributed by atoms with Gasteiger partial charge in [-0.05, 0) is 55.2 Å². The van der Waals surface area contributed by atoms with E-state index in [1.807, 2.05) is 55.5 Å². The number of anilines is 1. The quantitative estimate of drug-likeness (QED) is 0.454. The number of amides is 1. The molecule has 1 amide bonds. The van der Waals surface area contributed by atoms with Gasteiger partial charge in [-0.2, -0.15) is 0 Å². The van der Waals surface area contributed by atoms with Gasteiger partial charge in [-0.15, -0.1) is 0 Å². The summed E-state index contributed by atoms with van der Waals surface area (Å²) in [6.45, 7) is 4.04. The number of carbonyl (C=O) groups is 1. The lowest BCUT2D eigenvalue weighted by Gasteiger charge is -2.13. The zero-order valence-corrected chi connectivity index (χ0v) is 17.9. The molecular formula is C24H32N4O2. The van der Waals surface area contributed by atoms with Crippen LogP contribution in [0.15, 0.2) is 53.5 Å².